The van der Waals surface area contributed by atoms with Gasteiger partial charge in [0.1, 0.15) is 11.5 Å². The van der Waals surface area contributed by atoms with Gasteiger partial charge in [-0.2, -0.15) is 0 Å². The van der Waals surface area contributed by atoms with Crippen molar-refractivity contribution in [1.82, 2.24) is 0 Å². The summed E-state index contributed by atoms with van der Waals surface area (Å²) >= 11 is 0. The summed E-state index contributed by atoms with van der Waals surface area (Å²) in [6.07, 6.45) is 0. The van der Waals surface area contributed by atoms with Crippen LogP contribution in [0.3, 0.4) is 0 Å². The number of nitrogen functional groups attached to an aromatic ring is 2. The van der Waals surface area contributed by atoms with Crippen molar-refractivity contribution in [3.8, 4) is 11.5 Å². The van der Waals surface area contributed by atoms with Crippen LogP contribution >= 0.6 is 0 Å². The van der Waals surface area contributed by atoms with Crippen molar-refractivity contribution in [2.24, 2.45) is 0 Å². The van der Waals surface area contributed by atoms with Gasteiger partial charge in [-0.05, 0) is 40.7 Å². The van der Waals surface area contributed by atoms with Crippen LogP contribution in [0.2, 0.25) is 0 Å². The molecule has 3 nitrogen and oxygen atoms in total. The zero-order valence-corrected chi connectivity index (χ0v) is 15.0. The lowest BCUT2D eigenvalue weighted by molar-refractivity contribution is 0.453. The summed E-state index contributed by atoms with van der Waals surface area (Å²) in [5.74, 6) is 1.48. The third kappa shape index (κ3) is 3.98. The summed E-state index contributed by atoms with van der Waals surface area (Å²) in [6.45, 7) is 13.1. The first-order chi connectivity index (χ1) is 10.5. The zero-order chi connectivity index (χ0) is 17.4. The normalized spacial score (nSPS) is 12.3. The van der Waals surface area contributed by atoms with Crippen molar-refractivity contribution >= 4 is 11.4 Å². The molecule has 0 saturated carbocycles. The first kappa shape index (κ1) is 17.2. The smallest absolute Gasteiger partial charge is 0.150 e. The van der Waals surface area contributed by atoms with Crippen LogP contribution in [-0.2, 0) is 10.8 Å². The van der Waals surface area contributed by atoms with Gasteiger partial charge < -0.3 is 16.2 Å². The SMILES string of the molecule is CC(C)(C)c1ccc(C(C)(C)C)c(Oc2ccc(N)cc2N)c1. The molecule has 0 aliphatic heterocycles. The molecule has 0 aromatic heterocycles. The van der Waals surface area contributed by atoms with Crippen LogP contribution in [0, 0.1) is 0 Å². The lowest BCUT2D eigenvalue weighted by atomic mass is 9.81. The minimum atomic E-state index is -0.0195. The largest absolute Gasteiger partial charge is 0.455 e. The first-order valence-corrected chi connectivity index (χ1v) is 7.96. The molecule has 0 radical (unpaired) electrons. The molecule has 0 saturated heterocycles. The van der Waals surface area contributed by atoms with Crippen molar-refractivity contribution in [2.75, 3.05) is 11.5 Å². The van der Waals surface area contributed by atoms with Crippen molar-refractivity contribution in [3.05, 3.63) is 47.5 Å². The van der Waals surface area contributed by atoms with Gasteiger partial charge in [-0.15, -0.1) is 0 Å². The molecular weight excluding hydrogens is 284 g/mol. The Labute approximate surface area is 139 Å². The van der Waals surface area contributed by atoms with E-state index in [9.17, 15) is 0 Å². The van der Waals surface area contributed by atoms with E-state index in [0.717, 1.165) is 11.3 Å². The van der Waals surface area contributed by atoms with Crippen LogP contribution in [0.4, 0.5) is 11.4 Å². The van der Waals surface area contributed by atoms with E-state index in [1.165, 1.54) is 5.56 Å². The molecule has 124 valence electrons. The summed E-state index contributed by atoms with van der Waals surface area (Å²) in [7, 11) is 0. The standard InChI is InChI=1S/C20H28N2O/c1-19(2,3)13-7-9-15(20(4,5)6)18(11-13)23-17-10-8-14(21)12-16(17)22/h7-12H,21-22H2,1-6H3. The van der Waals surface area contributed by atoms with Gasteiger partial charge >= 0.3 is 0 Å². The van der Waals surface area contributed by atoms with Gasteiger partial charge in [0.25, 0.3) is 0 Å². The molecule has 0 fully saturated rings. The Hall–Kier alpha value is -2.16. The predicted molar refractivity (Wildman–Crippen MR) is 99.2 cm³/mol. The monoisotopic (exact) mass is 312 g/mol. The molecule has 0 amide bonds. The van der Waals surface area contributed by atoms with Crippen molar-refractivity contribution in [1.29, 1.82) is 0 Å². The number of hydrogen-bond donors (Lipinski definition) is 2. The van der Waals surface area contributed by atoms with E-state index in [1.807, 2.05) is 6.07 Å². The van der Waals surface area contributed by atoms with Crippen LogP contribution in [0.25, 0.3) is 0 Å². The van der Waals surface area contributed by atoms with E-state index in [0.29, 0.717) is 17.1 Å². The number of ether oxygens (including phenoxy) is 1. The fourth-order valence-corrected chi connectivity index (χ4v) is 2.47. The van der Waals surface area contributed by atoms with Gasteiger partial charge in [0, 0.05) is 11.3 Å². The summed E-state index contributed by atoms with van der Waals surface area (Å²) in [4.78, 5) is 0. The van der Waals surface area contributed by atoms with Gasteiger partial charge in [-0.3, -0.25) is 0 Å². The minimum absolute atomic E-state index is 0.0195. The Bertz CT molecular complexity index is 707. The second-order valence-corrected chi connectivity index (χ2v) is 8.11. The lowest BCUT2D eigenvalue weighted by Gasteiger charge is -2.26. The van der Waals surface area contributed by atoms with Gasteiger partial charge in [0.15, 0.2) is 0 Å². The molecule has 0 aliphatic rings. The molecule has 3 heteroatoms. The summed E-state index contributed by atoms with van der Waals surface area (Å²) in [6, 6.07) is 11.8. The first-order valence-electron chi connectivity index (χ1n) is 7.96. The highest BCUT2D eigenvalue weighted by Crippen LogP contribution is 2.39. The molecule has 0 atom stereocenters. The van der Waals surface area contributed by atoms with Crippen LogP contribution in [0.5, 0.6) is 11.5 Å². The average Bonchev–Trinajstić information content (AvgIpc) is 2.39. The Morgan fingerprint density at radius 2 is 1.39 bits per heavy atom. The van der Waals surface area contributed by atoms with Gasteiger partial charge in [0.2, 0.25) is 0 Å². The summed E-state index contributed by atoms with van der Waals surface area (Å²) < 4.78 is 6.18. The van der Waals surface area contributed by atoms with Crippen LogP contribution in [-0.4, -0.2) is 0 Å². The third-order valence-corrected chi connectivity index (χ3v) is 3.91. The van der Waals surface area contributed by atoms with E-state index in [2.05, 4.69) is 59.7 Å². The van der Waals surface area contributed by atoms with Crippen LogP contribution < -0.4 is 16.2 Å². The zero-order valence-electron chi connectivity index (χ0n) is 15.0. The molecule has 23 heavy (non-hydrogen) atoms. The molecule has 2 aromatic carbocycles. The number of nitrogens with two attached hydrogens (primary N) is 2. The fourth-order valence-electron chi connectivity index (χ4n) is 2.47. The van der Waals surface area contributed by atoms with Crippen LogP contribution in [0.1, 0.15) is 52.7 Å². The number of rotatable bonds is 2. The number of hydrogen-bond acceptors (Lipinski definition) is 3. The highest BCUT2D eigenvalue weighted by Gasteiger charge is 2.23. The van der Waals surface area contributed by atoms with Crippen molar-refractivity contribution in [2.45, 2.75) is 52.4 Å². The molecular formula is C20H28N2O. The Kier molecular flexibility index (Phi) is 4.34. The molecule has 0 spiro atoms. The quantitative estimate of drug-likeness (QED) is 0.746. The topological polar surface area (TPSA) is 61.3 Å². The number of anilines is 2. The lowest BCUT2D eigenvalue weighted by Crippen LogP contribution is -2.16. The molecule has 4 N–H and O–H groups in total. The summed E-state index contributed by atoms with van der Waals surface area (Å²) in [5, 5.41) is 0. The Morgan fingerprint density at radius 1 is 0.739 bits per heavy atom. The number of benzene rings is 2. The average molecular weight is 312 g/mol. The van der Waals surface area contributed by atoms with E-state index < -0.39 is 0 Å². The van der Waals surface area contributed by atoms with E-state index in [1.54, 1.807) is 12.1 Å². The second kappa shape index (κ2) is 5.80. The predicted octanol–water partition coefficient (Wildman–Crippen LogP) is 5.24. The Balaban J connectivity index is 2.53. The van der Waals surface area contributed by atoms with Crippen molar-refractivity contribution < 1.29 is 4.74 Å². The summed E-state index contributed by atoms with van der Waals surface area (Å²) in [5.41, 5.74) is 15.4. The van der Waals surface area contributed by atoms with Crippen LogP contribution in [0.15, 0.2) is 36.4 Å². The van der Waals surface area contributed by atoms with Gasteiger partial charge in [0.05, 0.1) is 5.69 Å². The van der Waals surface area contributed by atoms with E-state index >= 15 is 0 Å². The van der Waals surface area contributed by atoms with Crippen molar-refractivity contribution in [3.63, 3.8) is 0 Å². The molecule has 2 aromatic rings. The van der Waals surface area contributed by atoms with Gasteiger partial charge in [-0.25, -0.2) is 0 Å². The van der Waals surface area contributed by atoms with Gasteiger partial charge in [-0.1, -0.05) is 53.7 Å². The minimum Gasteiger partial charge on any atom is -0.455 e. The fraction of sp³-hybridized carbons (Fsp3) is 0.400. The highest BCUT2D eigenvalue weighted by atomic mass is 16.5. The third-order valence-electron chi connectivity index (χ3n) is 3.91. The maximum absolute atomic E-state index is 6.18. The maximum Gasteiger partial charge on any atom is 0.150 e. The molecule has 0 unspecified atom stereocenters. The molecule has 0 aliphatic carbocycles. The highest BCUT2D eigenvalue weighted by molar-refractivity contribution is 5.62. The second-order valence-electron chi connectivity index (χ2n) is 8.11. The van der Waals surface area contributed by atoms with E-state index in [-0.39, 0.29) is 10.8 Å². The molecule has 0 heterocycles. The molecule has 0 bridgehead atoms. The Morgan fingerprint density at radius 3 is 1.91 bits per heavy atom. The van der Waals surface area contributed by atoms with E-state index in [4.69, 9.17) is 16.2 Å². The maximum atomic E-state index is 6.18. The molecule has 2 rings (SSSR count).